The maximum atomic E-state index is 2.50. The van der Waals surface area contributed by atoms with Crippen molar-refractivity contribution in [1.29, 1.82) is 0 Å². The molecule has 53 heavy (non-hydrogen) atoms. The SMILES string of the molecule is CC1(C)c2cc3cc(N(c4ccccc4)c4cc5c(c6ccccc46)-c4c(ccc6ccccc46)C5(C)C)ccc3cc2-c2c1ccc1ccccc21. The zero-order valence-electron chi connectivity index (χ0n) is 30.5. The van der Waals surface area contributed by atoms with Crippen LogP contribution in [0.2, 0.25) is 0 Å². The second-order valence-electron chi connectivity index (χ2n) is 16.1. The van der Waals surface area contributed by atoms with E-state index in [9.17, 15) is 0 Å². The highest BCUT2D eigenvalue weighted by Crippen LogP contribution is 2.57. The predicted octanol–water partition coefficient (Wildman–Crippen LogP) is 14.4. The van der Waals surface area contributed by atoms with Gasteiger partial charge >= 0.3 is 0 Å². The third-order valence-electron chi connectivity index (χ3n) is 12.6. The Hall–Kier alpha value is -6.18. The van der Waals surface area contributed by atoms with E-state index in [1.807, 2.05) is 0 Å². The average molecular weight is 678 g/mol. The maximum absolute atomic E-state index is 2.50. The smallest absolute Gasteiger partial charge is 0.0543 e. The molecule has 0 spiro atoms. The first-order valence-corrected chi connectivity index (χ1v) is 18.9. The topological polar surface area (TPSA) is 3.24 Å². The van der Waals surface area contributed by atoms with Crippen molar-refractivity contribution in [2.24, 2.45) is 0 Å². The van der Waals surface area contributed by atoms with Gasteiger partial charge in [0.2, 0.25) is 0 Å². The van der Waals surface area contributed by atoms with Crippen molar-refractivity contribution in [3.05, 3.63) is 186 Å². The van der Waals surface area contributed by atoms with Gasteiger partial charge in [-0.05, 0) is 125 Å². The Labute approximate surface area is 310 Å². The van der Waals surface area contributed by atoms with E-state index >= 15 is 0 Å². The predicted molar refractivity (Wildman–Crippen MR) is 226 cm³/mol. The summed E-state index contributed by atoms with van der Waals surface area (Å²) in [5.74, 6) is 0. The molecule has 0 saturated heterocycles. The van der Waals surface area contributed by atoms with Gasteiger partial charge in [0.15, 0.2) is 0 Å². The molecule has 0 amide bonds. The quantitative estimate of drug-likeness (QED) is 0.180. The molecular weight excluding hydrogens is 639 g/mol. The fourth-order valence-corrected chi connectivity index (χ4v) is 9.89. The summed E-state index contributed by atoms with van der Waals surface area (Å²) in [7, 11) is 0. The highest BCUT2D eigenvalue weighted by molar-refractivity contribution is 6.15. The number of rotatable bonds is 3. The van der Waals surface area contributed by atoms with Gasteiger partial charge in [0.25, 0.3) is 0 Å². The third-order valence-corrected chi connectivity index (χ3v) is 12.6. The van der Waals surface area contributed by atoms with Crippen LogP contribution < -0.4 is 4.90 Å². The Kier molecular flexibility index (Phi) is 6.14. The lowest BCUT2D eigenvalue weighted by Crippen LogP contribution is -2.17. The van der Waals surface area contributed by atoms with Crippen molar-refractivity contribution in [2.45, 2.75) is 38.5 Å². The maximum Gasteiger partial charge on any atom is 0.0543 e. The van der Waals surface area contributed by atoms with Gasteiger partial charge < -0.3 is 4.90 Å². The van der Waals surface area contributed by atoms with Crippen molar-refractivity contribution < 1.29 is 0 Å². The number of anilines is 3. The molecule has 1 nitrogen and oxygen atoms in total. The molecule has 2 aliphatic carbocycles. The summed E-state index contributed by atoms with van der Waals surface area (Å²) < 4.78 is 0. The summed E-state index contributed by atoms with van der Waals surface area (Å²) in [6.45, 7) is 9.57. The van der Waals surface area contributed by atoms with Gasteiger partial charge in [-0.2, -0.15) is 0 Å². The van der Waals surface area contributed by atoms with E-state index in [0.717, 1.165) is 11.4 Å². The van der Waals surface area contributed by atoms with Gasteiger partial charge in [-0.1, -0.05) is 149 Å². The third kappa shape index (κ3) is 4.14. The molecule has 0 N–H and O–H groups in total. The van der Waals surface area contributed by atoms with Gasteiger partial charge in [0.1, 0.15) is 0 Å². The average Bonchev–Trinajstić information content (AvgIpc) is 3.56. The van der Waals surface area contributed by atoms with E-state index in [1.165, 1.54) is 93.3 Å². The van der Waals surface area contributed by atoms with Crippen LogP contribution in [0, 0.1) is 0 Å². The molecule has 0 saturated carbocycles. The van der Waals surface area contributed by atoms with E-state index in [1.54, 1.807) is 0 Å². The largest absolute Gasteiger partial charge is 0.310 e. The Balaban J connectivity index is 1.16. The second-order valence-corrected chi connectivity index (χ2v) is 16.1. The first kappa shape index (κ1) is 30.4. The number of hydrogen-bond donors (Lipinski definition) is 0. The van der Waals surface area contributed by atoms with Crippen molar-refractivity contribution in [2.75, 3.05) is 4.90 Å². The van der Waals surface area contributed by atoms with E-state index in [2.05, 4.69) is 196 Å². The molecular formula is C52H39N. The molecule has 0 unspecified atom stereocenters. The molecule has 11 rings (SSSR count). The lowest BCUT2D eigenvalue weighted by atomic mass is 9.81. The van der Waals surface area contributed by atoms with Crippen LogP contribution in [-0.4, -0.2) is 0 Å². The fraction of sp³-hybridized carbons (Fsp3) is 0.115. The first-order valence-electron chi connectivity index (χ1n) is 18.9. The summed E-state index contributed by atoms with van der Waals surface area (Å²) >= 11 is 0. The molecule has 0 heterocycles. The molecule has 0 atom stereocenters. The van der Waals surface area contributed by atoms with Crippen molar-refractivity contribution in [3.63, 3.8) is 0 Å². The molecule has 0 aromatic heterocycles. The zero-order chi connectivity index (χ0) is 35.6. The van der Waals surface area contributed by atoms with E-state index in [-0.39, 0.29) is 10.8 Å². The molecule has 2 aliphatic rings. The molecule has 1 heteroatoms. The van der Waals surface area contributed by atoms with E-state index in [4.69, 9.17) is 0 Å². The van der Waals surface area contributed by atoms with Crippen LogP contribution in [0.25, 0.3) is 65.3 Å². The Morgan fingerprint density at radius 2 is 0.887 bits per heavy atom. The van der Waals surface area contributed by atoms with Crippen LogP contribution in [0.3, 0.4) is 0 Å². The normalized spacial score (nSPS) is 14.7. The van der Waals surface area contributed by atoms with E-state index in [0.29, 0.717) is 0 Å². The standard InChI is InChI=1S/C52H39N/c1-51(2)43-26-23-32-14-8-10-18-38(32)48(43)42-29-34-22-25-37(28-35(34)30-45(42)51)53(36-16-6-5-7-17-36)47-31-46-50(41-21-13-12-20-40(41)47)49-39-19-11-9-15-33(39)24-27-44(49)52(46,3)4/h5-31H,1-4H3. The minimum absolute atomic E-state index is 0.0983. The second kappa shape index (κ2) is 10.7. The molecule has 0 fully saturated rings. The number of hydrogen-bond acceptors (Lipinski definition) is 1. The van der Waals surface area contributed by atoms with Gasteiger partial charge in [-0.3, -0.25) is 0 Å². The molecule has 252 valence electrons. The van der Waals surface area contributed by atoms with Gasteiger partial charge in [0, 0.05) is 27.6 Å². The highest BCUT2D eigenvalue weighted by Gasteiger charge is 2.39. The zero-order valence-corrected chi connectivity index (χ0v) is 30.5. The van der Waals surface area contributed by atoms with Crippen LogP contribution in [-0.2, 0) is 10.8 Å². The van der Waals surface area contributed by atoms with Crippen molar-refractivity contribution >= 4 is 60.2 Å². The lowest BCUT2D eigenvalue weighted by molar-refractivity contribution is 0.661. The summed E-state index contributed by atoms with van der Waals surface area (Å²) in [4.78, 5) is 2.49. The Morgan fingerprint density at radius 3 is 1.60 bits per heavy atom. The minimum atomic E-state index is -0.162. The Bertz CT molecular complexity index is 3000. The van der Waals surface area contributed by atoms with Crippen LogP contribution in [0.5, 0.6) is 0 Å². The number of fused-ring (bicyclic) bond motifs is 13. The Morgan fingerprint density at radius 1 is 0.340 bits per heavy atom. The number of para-hydroxylation sites is 1. The minimum Gasteiger partial charge on any atom is -0.310 e. The summed E-state index contributed by atoms with van der Waals surface area (Å²) in [6.07, 6.45) is 0. The van der Waals surface area contributed by atoms with Gasteiger partial charge in [0.05, 0.1) is 5.69 Å². The van der Waals surface area contributed by atoms with Crippen LogP contribution in [0.1, 0.15) is 49.9 Å². The molecule has 0 radical (unpaired) electrons. The summed E-state index contributed by atoms with van der Waals surface area (Å²) in [5.41, 5.74) is 14.3. The number of benzene rings is 9. The monoisotopic (exact) mass is 677 g/mol. The van der Waals surface area contributed by atoms with Gasteiger partial charge in [-0.15, -0.1) is 0 Å². The molecule has 0 bridgehead atoms. The van der Waals surface area contributed by atoms with Gasteiger partial charge in [-0.25, -0.2) is 0 Å². The molecule has 9 aromatic rings. The summed E-state index contributed by atoms with van der Waals surface area (Å²) in [5, 5.41) is 10.3. The van der Waals surface area contributed by atoms with Crippen molar-refractivity contribution in [3.8, 4) is 22.3 Å². The van der Waals surface area contributed by atoms with Crippen LogP contribution in [0.4, 0.5) is 17.1 Å². The molecule has 0 aliphatic heterocycles. The van der Waals surface area contributed by atoms with Crippen LogP contribution in [0.15, 0.2) is 164 Å². The van der Waals surface area contributed by atoms with Crippen LogP contribution >= 0.6 is 0 Å². The first-order chi connectivity index (χ1) is 25.8. The lowest BCUT2D eigenvalue weighted by Gasteiger charge is -2.30. The van der Waals surface area contributed by atoms with E-state index < -0.39 is 0 Å². The summed E-state index contributed by atoms with van der Waals surface area (Å²) in [6, 6.07) is 61.4. The fourth-order valence-electron chi connectivity index (χ4n) is 9.89. The number of nitrogens with zero attached hydrogens (tertiary/aromatic N) is 1. The van der Waals surface area contributed by atoms with Crippen molar-refractivity contribution in [1.82, 2.24) is 0 Å². The molecule has 9 aromatic carbocycles. The highest BCUT2D eigenvalue weighted by atomic mass is 15.1.